The van der Waals surface area contributed by atoms with E-state index in [2.05, 4.69) is 4.72 Å². The van der Waals surface area contributed by atoms with Gasteiger partial charge >= 0.3 is 0 Å². The number of halogens is 1. The van der Waals surface area contributed by atoms with Crippen LogP contribution in [-0.2, 0) is 10.0 Å². The normalized spacial score (nSPS) is 21.1. The smallest absolute Gasteiger partial charge is 0.212 e. The van der Waals surface area contributed by atoms with Gasteiger partial charge in [0.15, 0.2) is 0 Å². The van der Waals surface area contributed by atoms with Gasteiger partial charge in [0.2, 0.25) is 10.0 Å². The third kappa shape index (κ3) is 3.44. The standard InChI is InChI=1S/C8H16ClNO2S/c1-7(8-3-2-4-8)10-13(11,12)6-5-9/h7-8,10H,2-6H2,1H3. The van der Waals surface area contributed by atoms with Crippen molar-refractivity contribution in [3.05, 3.63) is 0 Å². The molecule has 1 rings (SSSR count). The summed E-state index contributed by atoms with van der Waals surface area (Å²) >= 11 is 5.38. The van der Waals surface area contributed by atoms with Crippen molar-refractivity contribution in [2.45, 2.75) is 32.2 Å². The molecule has 0 aromatic carbocycles. The minimum absolute atomic E-state index is 0.0195. The number of nitrogens with one attached hydrogen (secondary N) is 1. The quantitative estimate of drug-likeness (QED) is 0.718. The Balaban J connectivity index is 2.37. The molecule has 1 aliphatic rings. The van der Waals surface area contributed by atoms with Crippen LogP contribution in [0, 0.1) is 5.92 Å². The Morgan fingerprint density at radius 3 is 2.54 bits per heavy atom. The zero-order valence-electron chi connectivity index (χ0n) is 7.79. The number of sulfonamides is 1. The lowest BCUT2D eigenvalue weighted by Gasteiger charge is -2.31. The first kappa shape index (κ1) is 11.3. The molecule has 0 saturated heterocycles. The largest absolute Gasteiger partial charge is 0.213 e. The summed E-state index contributed by atoms with van der Waals surface area (Å²) in [5, 5.41) is 0. The van der Waals surface area contributed by atoms with Crippen LogP contribution in [0.15, 0.2) is 0 Å². The Kier molecular flexibility index (Phi) is 4.01. The summed E-state index contributed by atoms with van der Waals surface area (Å²) in [6, 6.07) is 0.0713. The zero-order chi connectivity index (χ0) is 9.90. The molecule has 0 bridgehead atoms. The molecule has 0 aromatic heterocycles. The van der Waals surface area contributed by atoms with Gasteiger partial charge in [0.05, 0.1) is 5.75 Å². The van der Waals surface area contributed by atoms with Gasteiger partial charge in [0.25, 0.3) is 0 Å². The second-order valence-corrected chi connectivity index (χ2v) is 5.86. The van der Waals surface area contributed by atoms with Crippen molar-refractivity contribution in [3.8, 4) is 0 Å². The third-order valence-electron chi connectivity index (χ3n) is 2.57. The number of hydrogen-bond donors (Lipinski definition) is 1. The van der Waals surface area contributed by atoms with E-state index in [0.29, 0.717) is 5.92 Å². The van der Waals surface area contributed by atoms with E-state index in [9.17, 15) is 8.42 Å². The van der Waals surface area contributed by atoms with Crippen molar-refractivity contribution in [2.24, 2.45) is 5.92 Å². The van der Waals surface area contributed by atoms with Gasteiger partial charge in [-0.25, -0.2) is 13.1 Å². The Bertz CT molecular complexity index is 249. The molecule has 78 valence electrons. The SMILES string of the molecule is CC(NS(=O)(=O)CCCl)C1CCC1. The Hall–Kier alpha value is 0.200. The van der Waals surface area contributed by atoms with Crippen molar-refractivity contribution in [3.63, 3.8) is 0 Å². The summed E-state index contributed by atoms with van der Waals surface area (Å²) < 4.78 is 25.2. The summed E-state index contributed by atoms with van der Waals surface area (Å²) in [5.74, 6) is 0.711. The molecular weight excluding hydrogens is 210 g/mol. The first-order chi connectivity index (χ1) is 6.05. The van der Waals surface area contributed by atoms with E-state index >= 15 is 0 Å². The predicted octanol–water partition coefficient (Wildman–Crippen LogP) is 1.33. The molecule has 1 fully saturated rings. The van der Waals surface area contributed by atoms with E-state index in [-0.39, 0.29) is 17.7 Å². The van der Waals surface area contributed by atoms with Crippen molar-refractivity contribution in [1.82, 2.24) is 4.72 Å². The molecule has 1 unspecified atom stereocenters. The molecule has 1 saturated carbocycles. The molecule has 0 aliphatic heterocycles. The van der Waals surface area contributed by atoms with Crippen molar-refractivity contribution >= 4 is 21.6 Å². The van der Waals surface area contributed by atoms with Gasteiger partial charge in [-0.1, -0.05) is 6.42 Å². The van der Waals surface area contributed by atoms with Crippen LogP contribution in [0.4, 0.5) is 0 Å². The van der Waals surface area contributed by atoms with E-state index in [1.165, 1.54) is 6.42 Å². The summed E-state index contributed by atoms with van der Waals surface area (Å²) in [6.45, 7) is 1.93. The Morgan fingerprint density at radius 2 is 2.15 bits per heavy atom. The molecule has 3 nitrogen and oxygen atoms in total. The minimum atomic E-state index is -3.13. The molecule has 1 N–H and O–H groups in total. The first-order valence-corrected chi connectivity index (χ1v) is 6.80. The van der Waals surface area contributed by atoms with Crippen molar-refractivity contribution < 1.29 is 8.42 Å². The summed E-state index contributed by atoms with van der Waals surface area (Å²) in [7, 11) is -3.13. The van der Waals surface area contributed by atoms with Crippen molar-refractivity contribution in [1.29, 1.82) is 0 Å². The minimum Gasteiger partial charge on any atom is -0.212 e. The van der Waals surface area contributed by atoms with E-state index in [1.54, 1.807) is 0 Å². The zero-order valence-corrected chi connectivity index (χ0v) is 9.37. The van der Waals surface area contributed by atoms with E-state index in [1.807, 2.05) is 6.92 Å². The molecule has 1 aliphatic carbocycles. The van der Waals surface area contributed by atoms with Crippen LogP contribution in [0.25, 0.3) is 0 Å². The van der Waals surface area contributed by atoms with E-state index in [0.717, 1.165) is 12.8 Å². The summed E-state index contributed by atoms with van der Waals surface area (Å²) in [4.78, 5) is 0. The van der Waals surface area contributed by atoms with Gasteiger partial charge in [-0.05, 0) is 25.7 Å². The number of hydrogen-bond acceptors (Lipinski definition) is 2. The van der Waals surface area contributed by atoms with E-state index < -0.39 is 10.0 Å². The van der Waals surface area contributed by atoms with E-state index in [4.69, 9.17) is 11.6 Å². The fourth-order valence-electron chi connectivity index (χ4n) is 1.48. The molecular formula is C8H16ClNO2S. The van der Waals surface area contributed by atoms with Gasteiger partial charge in [-0.3, -0.25) is 0 Å². The molecule has 0 amide bonds. The maximum atomic E-state index is 11.3. The predicted molar refractivity (Wildman–Crippen MR) is 54.4 cm³/mol. The monoisotopic (exact) mass is 225 g/mol. The molecule has 0 heterocycles. The number of rotatable bonds is 5. The van der Waals surface area contributed by atoms with Crippen LogP contribution in [0.5, 0.6) is 0 Å². The average molecular weight is 226 g/mol. The van der Waals surface area contributed by atoms with Crippen LogP contribution in [0.2, 0.25) is 0 Å². The Labute approximate surface area is 84.9 Å². The topological polar surface area (TPSA) is 46.2 Å². The lowest BCUT2D eigenvalue weighted by Crippen LogP contribution is -2.41. The lowest BCUT2D eigenvalue weighted by molar-refractivity contribution is 0.260. The third-order valence-corrected chi connectivity index (χ3v) is 4.45. The fraction of sp³-hybridized carbons (Fsp3) is 1.00. The van der Waals surface area contributed by atoms with Crippen LogP contribution in [0.3, 0.4) is 0 Å². The Morgan fingerprint density at radius 1 is 1.54 bits per heavy atom. The maximum absolute atomic E-state index is 11.3. The molecule has 1 atom stereocenters. The summed E-state index contributed by atoms with van der Waals surface area (Å²) in [5.41, 5.74) is 0. The second kappa shape index (κ2) is 4.62. The first-order valence-electron chi connectivity index (χ1n) is 4.61. The van der Waals surface area contributed by atoms with Crippen LogP contribution >= 0.6 is 11.6 Å². The molecule has 13 heavy (non-hydrogen) atoms. The van der Waals surface area contributed by atoms with Gasteiger partial charge in [0, 0.05) is 11.9 Å². The van der Waals surface area contributed by atoms with Gasteiger partial charge < -0.3 is 0 Å². The molecule has 0 spiro atoms. The van der Waals surface area contributed by atoms with Crippen LogP contribution in [-0.4, -0.2) is 26.1 Å². The van der Waals surface area contributed by atoms with Gasteiger partial charge in [-0.2, -0.15) is 0 Å². The van der Waals surface area contributed by atoms with Crippen molar-refractivity contribution in [2.75, 3.05) is 11.6 Å². The van der Waals surface area contributed by atoms with Crippen LogP contribution in [0.1, 0.15) is 26.2 Å². The van der Waals surface area contributed by atoms with Crippen LogP contribution < -0.4 is 4.72 Å². The highest BCUT2D eigenvalue weighted by molar-refractivity contribution is 7.89. The molecule has 0 radical (unpaired) electrons. The lowest BCUT2D eigenvalue weighted by atomic mass is 9.81. The highest BCUT2D eigenvalue weighted by atomic mass is 35.5. The highest BCUT2D eigenvalue weighted by Crippen LogP contribution is 2.29. The number of alkyl halides is 1. The van der Waals surface area contributed by atoms with Gasteiger partial charge in [-0.15, -0.1) is 11.6 Å². The average Bonchev–Trinajstić information content (AvgIpc) is 1.79. The maximum Gasteiger partial charge on any atom is 0.213 e. The molecule has 5 heteroatoms. The summed E-state index contributed by atoms with van der Waals surface area (Å²) in [6.07, 6.45) is 3.52. The highest BCUT2D eigenvalue weighted by Gasteiger charge is 2.26. The second-order valence-electron chi connectivity index (χ2n) is 3.61. The van der Waals surface area contributed by atoms with Gasteiger partial charge in [0.1, 0.15) is 0 Å². The molecule has 0 aromatic rings. The fourth-order valence-corrected chi connectivity index (χ4v) is 3.17.